The maximum Gasteiger partial charge on any atom is 0.232 e. The minimum Gasteiger partial charge on any atom is -0.477 e. The van der Waals surface area contributed by atoms with Gasteiger partial charge in [-0.2, -0.15) is 0 Å². The molecule has 1 aromatic heterocycles. The normalized spacial score (nSPS) is 10.8. The monoisotopic (exact) mass is 237 g/mol. The Bertz CT molecular complexity index is 315. The van der Waals surface area contributed by atoms with E-state index in [4.69, 9.17) is 4.74 Å². The van der Waals surface area contributed by atoms with Gasteiger partial charge < -0.3 is 10.1 Å². The van der Waals surface area contributed by atoms with Crippen molar-refractivity contribution < 1.29 is 4.74 Å². The predicted molar refractivity (Wildman–Crippen MR) is 69.0 cm³/mol. The van der Waals surface area contributed by atoms with Crippen LogP contribution in [0, 0.1) is 5.92 Å². The molecule has 0 saturated heterocycles. The average molecular weight is 237 g/mol. The molecule has 0 aromatic carbocycles. The average Bonchev–Trinajstić information content (AvgIpc) is 2.29. The molecule has 1 aromatic rings. The van der Waals surface area contributed by atoms with Crippen LogP contribution in [0.5, 0.6) is 5.88 Å². The van der Waals surface area contributed by atoms with Crippen LogP contribution in [0.1, 0.15) is 39.3 Å². The highest BCUT2D eigenvalue weighted by Gasteiger charge is 2.00. The van der Waals surface area contributed by atoms with E-state index in [0.717, 1.165) is 31.6 Å². The van der Waals surface area contributed by atoms with Gasteiger partial charge in [-0.1, -0.05) is 27.2 Å². The highest BCUT2D eigenvalue weighted by atomic mass is 16.5. The molecule has 0 unspecified atom stereocenters. The molecular formula is C13H23N3O. The molecule has 1 N–H and O–H groups in total. The van der Waals surface area contributed by atoms with Gasteiger partial charge in [0, 0.05) is 12.7 Å². The first-order valence-corrected chi connectivity index (χ1v) is 6.36. The van der Waals surface area contributed by atoms with Crippen molar-refractivity contribution in [2.45, 2.75) is 40.2 Å². The maximum absolute atomic E-state index is 5.51. The summed E-state index contributed by atoms with van der Waals surface area (Å²) in [5.41, 5.74) is 0.930. The third-order valence-corrected chi connectivity index (χ3v) is 2.27. The third-order valence-electron chi connectivity index (χ3n) is 2.27. The van der Waals surface area contributed by atoms with Crippen LogP contribution in [-0.4, -0.2) is 23.1 Å². The second-order valence-corrected chi connectivity index (χ2v) is 4.58. The zero-order valence-corrected chi connectivity index (χ0v) is 11.1. The fourth-order valence-electron chi connectivity index (χ4n) is 1.35. The van der Waals surface area contributed by atoms with Gasteiger partial charge in [0.15, 0.2) is 0 Å². The number of hydrogen-bond acceptors (Lipinski definition) is 4. The third kappa shape index (κ3) is 6.22. The Morgan fingerprint density at radius 1 is 1.35 bits per heavy atom. The summed E-state index contributed by atoms with van der Waals surface area (Å²) in [5, 5.41) is 3.34. The number of hydrogen-bond donors (Lipinski definition) is 1. The van der Waals surface area contributed by atoms with Gasteiger partial charge in [-0.3, -0.25) is 4.98 Å². The topological polar surface area (TPSA) is 47.0 Å². The minimum absolute atomic E-state index is 0.627. The molecule has 1 rings (SSSR count). The van der Waals surface area contributed by atoms with Gasteiger partial charge in [0.2, 0.25) is 5.88 Å². The van der Waals surface area contributed by atoms with Crippen molar-refractivity contribution in [3.63, 3.8) is 0 Å². The molecule has 0 fully saturated rings. The first kappa shape index (κ1) is 13.9. The van der Waals surface area contributed by atoms with Crippen molar-refractivity contribution in [2.24, 2.45) is 5.92 Å². The van der Waals surface area contributed by atoms with Crippen LogP contribution < -0.4 is 10.1 Å². The Labute approximate surface area is 104 Å². The van der Waals surface area contributed by atoms with Crippen LogP contribution in [0.4, 0.5) is 0 Å². The smallest absolute Gasteiger partial charge is 0.232 e. The fourth-order valence-corrected chi connectivity index (χ4v) is 1.35. The molecule has 4 nitrogen and oxygen atoms in total. The van der Waals surface area contributed by atoms with E-state index >= 15 is 0 Å². The van der Waals surface area contributed by atoms with Crippen LogP contribution in [0.15, 0.2) is 12.4 Å². The second kappa shape index (κ2) is 8.01. The number of unbranched alkanes of at least 4 members (excludes halogenated alkanes) is 1. The van der Waals surface area contributed by atoms with Crippen molar-refractivity contribution in [1.29, 1.82) is 0 Å². The molecule has 0 saturated carbocycles. The van der Waals surface area contributed by atoms with Crippen LogP contribution in [0.2, 0.25) is 0 Å². The Morgan fingerprint density at radius 2 is 2.18 bits per heavy atom. The Morgan fingerprint density at radius 3 is 2.88 bits per heavy atom. The van der Waals surface area contributed by atoms with Crippen molar-refractivity contribution in [1.82, 2.24) is 15.3 Å². The standard InChI is InChI=1S/C13H23N3O/c1-4-5-6-17-13-10-15-9-12(16-13)8-14-7-11(2)3/h9-11,14H,4-8H2,1-3H3. The fraction of sp³-hybridized carbons (Fsp3) is 0.692. The van der Waals surface area contributed by atoms with E-state index in [0.29, 0.717) is 18.4 Å². The SMILES string of the molecule is CCCCOc1cncc(CNCC(C)C)n1. The molecule has 0 spiro atoms. The van der Waals surface area contributed by atoms with Crippen molar-refractivity contribution in [3.8, 4) is 5.88 Å². The molecule has 0 amide bonds. The van der Waals surface area contributed by atoms with Gasteiger partial charge in [-0.25, -0.2) is 4.98 Å². The van der Waals surface area contributed by atoms with E-state index in [-0.39, 0.29) is 0 Å². The highest BCUT2D eigenvalue weighted by molar-refractivity contribution is 5.08. The van der Waals surface area contributed by atoms with E-state index in [1.165, 1.54) is 0 Å². The molecule has 4 heteroatoms. The van der Waals surface area contributed by atoms with E-state index in [1.54, 1.807) is 12.4 Å². The van der Waals surface area contributed by atoms with Gasteiger partial charge in [-0.05, 0) is 18.9 Å². The molecule has 96 valence electrons. The molecule has 0 radical (unpaired) electrons. The summed E-state index contributed by atoms with van der Waals surface area (Å²) in [7, 11) is 0. The van der Waals surface area contributed by atoms with Gasteiger partial charge >= 0.3 is 0 Å². The van der Waals surface area contributed by atoms with Crippen molar-refractivity contribution in [3.05, 3.63) is 18.1 Å². The lowest BCUT2D eigenvalue weighted by atomic mass is 10.2. The summed E-state index contributed by atoms with van der Waals surface area (Å²) in [5.74, 6) is 1.27. The summed E-state index contributed by atoms with van der Waals surface area (Å²) >= 11 is 0. The number of ether oxygens (including phenoxy) is 1. The number of aromatic nitrogens is 2. The van der Waals surface area contributed by atoms with E-state index < -0.39 is 0 Å². The Kier molecular flexibility index (Phi) is 6.55. The largest absolute Gasteiger partial charge is 0.477 e. The van der Waals surface area contributed by atoms with Crippen LogP contribution >= 0.6 is 0 Å². The minimum atomic E-state index is 0.627. The first-order valence-electron chi connectivity index (χ1n) is 6.36. The molecule has 1 heterocycles. The van der Waals surface area contributed by atoms with E-state index in [9.17, 15) is 0 Å². The summed E-state index contributed by atoms with van der Waals surface area (Å²) in [6.07, 6.45) is 5.63. The van der Waals surface area contributed by atoms with Crippen LogP contribution in [0.3, 0.4) is 0 Å². The maximum atomic E-state index is 5.51. The Balaban J connectivity index is 2.37. The van der Waals surface area contributed by atoms with Crippen molar-refractivity contribution >= 4 is 0 Å². The molecule has 0 aliphatic heterocycles. The molecule has 0 aliphatic carbocycles. The van der Waals surface area contributed by atoms with Gasteiger partial charge in [0.05, 0.1) is 18.5 Å². The lowest BCUT2D eigenvalue weighted by Gasteiger charge is -2.08. The Hall–Kier alpha value is -1.16. The number of nitrogens with one attached hydrogen (secondary N) is 1. The van der Waals surface area contributed by atoms with Crippen LogP contribution in [-0.2, 0) is 6.54 Å². The summed E-state index contributed by atoms with van der Waals surface area (Å²) in [4.78, 5) is 8.53. The molecule has 17 heavy (non-hydrogen) atoms. The van der Waals surface area contributed by atoms with Gasteiger partial charge in [0.25, 0.3) is 0 Å². The van der Waals surface area contributed by atoms with Gasteiger partial charge in [0.1, 0.15) is 0 Å². The van der Waals surface area contributed by atoms with Gasteiger partial charge in [-0.15, -0.1) is 0 Å². The quantitative estimate of drug-likeness (QED) is 0.705. The lowest BCUT2D eigenvalue weighted by molar-refractivity contribution is 0.295. The predicted octanol–water partition coefficient (Wildman–Crippen LogP) is 2.40. The number of nitrogens with zero attached hydrogens (tertiary/aromatic N) is 2. The highest BCUT2D eigenvalue weighted by Crippen LogP contribution is 2.06. The van der Waals surface area contributed by atoms with Crippen LogP contribution in [0.25, 0.3) is 0 Å². The van der Waals surface area contributed by atoms with E-state index in [2.05, 4.69) is 36.1 Å². The molecule has 0 bridgehead atoms. The molecule has 0 atom stereocenters. The van der Waals surface area contributed by atoms with E-state index in [1.807, 2.05) is 0 Å². The zero-order valence-electron chi connectivity index (χ0n) is 11.1. The molecule has 0 aliphatic rings. The number of rotatable bonds is 8. The second-order valence-electron chi connectivity index (χ2n) is 4.58. The summed E-state index contributed by atoms with van der Waals surface area (Å²) in [6, 6.07) is 0. The van der Waals surface area contributed by atoms with Crippen molar-refractivity contribution in [2.75, 3.05) is 13.2 Å². The molecular weight excluding hydrogens is 214 g/mol. The lowest BCUT2D eigenvalue weighted by Crippen LogP contribution is -2.19. The summed E-state index contributed by atoms with van der Waals surface area (Å²) in [6.45, 7) is 8.96. The summed E-state index contributed by atoms with van der Waals surface area (Å²) < 4.78 is 5.51. The zero-order chi connectivity index (χ0) is 12.5. The first-order chi connectivity index (χ1) is 8.22.